The van der Waals surface area contributed by atoms with Crippen molar-refractivity contribution >= 4 is 33.5 Å². The summed E-state index contributed by atoms with van der Waals surface area (Å²) in [5, 5.41) is 9.24. The first-order chi connectivity index (χ1) is 9.41. The van der Waals surface area contributed by atoms with Gasteiger partial charge in [0.1, 0.15) is 11.4 Å². The van der Waals surface area contributed by atoms with Crippen LogP contribution in [0.4, 0.5) is 13.2 Å². The predicted octanol–water partition coefficient (Wildman–Crippen LogP) is 3.62. The molecule has 2 aromatic rings. The Hall–Kier alpha value is -1.09. The van der Waals surface area contributed by atoms with Gasteiger partial charge in [0.25, 0.3) is 0 Å². The number of aliphatic hydroxyl groups is 1. The minimum atomic E-state index is -4.52. The summed E-state index contributed by atoms with van der Waals surface area (Å²) >= 11 is 2.07. The second-order valence-corrected chi connectivity index (χ2v) is 5.34. The fraction of sp³-hybridized carbons (Fsp3) is 0.308. The molecule has 2 rings (SSSR count). The monoisotopic (exact) mass is 397 g/mol. The van der Waals surface area contributed by atoms with Gasteiger partial charge in [0.05, 0.1) is 12.1 Å². The van der Waals surface area contributed by atoms with Crippen molar-refractivity contribution < 1.29 is 23.0 Å². The van der Waals surface area contributed by atoms with E-state index < -0.39 is 11.9 Å². The average molecular weight is 397 g/mol. The average Bonchev–Trinajstić information content (AvgIpc) is 2.38. The Labute approximate surface area is 126 Å². The molecule has 3 nitrogen and oxygen atoms in total. The molecule has 1 heterocycles. The number of hydrogen-bond donors (Lipinski definition) is 1. The van der Waals surface area contributed by atoms with Crippen LogP contribution in [0.2, 0.25) is 0 Å². The van der Waals surface area contributed by atoms with E-state index in [2.05, 4.69) is 27.6 Å². The predicted molar refractivity (Wildman–Crippen MR) is 76.7 cm³/mol. The molecule has 0 bridgehead atoms. The molecule has 0 aliphatic carbocycles. The standard InChI is InChI=1S/C13H11F3INO2/c14-13(15,16)12-7-11(20-5-1-4-19)9-6-8(17)2-3-10(9)18-12/h2-3,6-7,19H,1,4-5H2. The molecule has 0 amide bonds. The molecule has 20 heavy (non-hydrogen) atoms. The zero-order valence-corrected chi connectivity index (χ0v) is 12.4. The van der Waals surface area contributed by atoms with Crippen molar-refractivity contribution in [2.45, 2.75) is 12.6 Å². The van der Waals surface area contributed by atoms with Gasteiger partial charge in [-0.25, -0.2) is 4.98 Å². The van der Waals surface area contributed by atoms with E-state index in [1.807, 2.05) is 0 Å². The molecule has 1 N–H and O–H groups in total. The highest BCUT2D eigenvalue weighted by molar-refractivity contribution is 14.1. The highest BCUT2D eigenvalue weighted by atomic mass is 127. The number of aromatic nitrogens is 1. The van der Waals surface area contributed by atoms with Crippen molar-refractivity contribution in [3.63, 3.8) is 0 Å². The van der Waals surface area contributed by atoms with Crippen LogP contribution in [-0.2, 0) is 6.18 Å². The third-order valence-corrected chi connectivity index (χ3v) is 3.25. The van der Waals surface area contributed by atoms with E-state index in [0.29, 0.717) is 11.8 Å². The number of nitrogens with zero attached hydrogens (tertiary/aromatic N) is 1. The summed E-state index contributed by atoms with van der Waals surface area (Å²) in [6.07, 6.45) is -4.17. The first-order valence-corrected chi connectivity index (χ1v) is 6.91. The van der Waals surface area contributed by atoms with Crippen molar-refractivity contribution in [1.82, 2.24) is 4.98 Å². The first kappa shape index (κ1) is 15.3. The molecule has 108 valence electrons. The van der Waals surface area contributed by atoms with Crippen molar-refractivity contribution in [2.24, 2.45) is 0 Å². The third kappa shape index (κ3) is 3.51. The van der Waals surface area contributed by atoms with Crippen LogP contribution < -0.4 is 4.74 Å². The number of alkyl halides is 3. The molecule has 0 radical (unpaired) electrons. The van der Waals surface area contributed by atoms with Gasteiger partial charge in [-0.1, -0.05) is 0 Å². The molecule has 1 aromatic heterocycles. The lowest BCUT2D eigenvalue weighted by Gasteiger charge is -2.13. The van der Waals surface area contributed by atoms with Gasteiger partial charge < -0.3 is 9.84 Å². The van der Waals surface area contributed by atoms with Gasteiger partial charge >= 0.3 is 6.18 Å². The van der Waals surface area contributed by atoms with Crippen LogP contribution in [0.1, 0.15) is 12.1 Å². The number of fused-ring (bicyclic) bond motifs is 1. The first-order valence-electron chi connectivity index (χ1n) is 5.83. The molecule has 0 saturated carbocycles. The summed E-state index contributed by atoms with van der Waals surface area (Å²) in [6.45, 7) is 0.0745. The molecule has 7 heteroatoms. The Morgan fingerprint density at radius 2 is 2.00 bits per heavy atom. The molecule has 0 aliphatic heterocycles. The second-order valence-electron chi connectivity index (χ2n) is 4.09. The maximum atomic E-state index is 12.8. The van der Waals surface area contributed by atoms with Gasteiger partial charge in [-0.05, 0) is 40.8 Å². The number of pyridine rings is 1. The fourth-order valence-corrected chi connectivity index (χ4v) is 2.17. The number of aliphatic hydroxyl groups excluding tert-OH is 1. The van der Waals surface area contributed by atoms with Crippen LogP contribution in [-0.4, -0.2) is 23.3 Å². The Balaban J connectivity index is 2.51. The van der Waals surface area contributed by atoms with E-state index in [9.17, 15) is 13.2 Å². The summed E-state index contributed by atoms with van der Waals surface area (Å²) in [5.41, 5.74) is -0.746. The molecule has 0 spiro atoms. The Kier molecular flexibility index (Phi) is 4.69. The number of ether oxygens (including phenoxy) is 1. The summed E-state index contributed by atoms with van der Waals surface area (Å²) in [6, 6.07) is 5.84. The highest BCUT2D eigenvalue weighted by Crippen LogP contribution is 2.34. The van der Waals surface area contributed by atoms with Gasteiger partial charge in [0.2, 0.25) is 0 Å². The quantitative estimate of drug-likeness (QED) is 0.633. The Bertz CT molecular complexity index is 616. The molecule has 0 fully saturated rings. The Morgan fingerprint density at radius 3 is 2.65 bits per heavy atom. The van der Waals surface area contributed by atoms with Crippen LogP contribution in [0.15, 0.2) is 24.3 Å². The Morgan fingerprint density at radius 1 is 1.25 bits per heavy atom. The molecule has 0 saturated heterocycles. The SMILES string of the molecule is OCCCOc1cc(C(F)(F)F)nc2ccc(I)cc12. The van der Waals surface area contributed by atoms with Gasteiger partial charge in [0.15, 0.2) is 0 Å². The maximum absolute atomic E-state index is 12.8. The minimum Gasteiger partial charge on any atom is -0.493 e. The van der Waals surface area contributed by atoms with E-state index in [0.717, 1.165) is 9.64 Å². The zero-order valence-electron chi connectivity index (χ0n) is 10.2. The molecular formula is C13H11F3INO2. The lowest BCUT2D eigenvalue weighted by atomic mass is 10.2. The van der Waals surface area contributed by atoms with E-state index >= 15 is 0 Å². The summed E-state index contributed by atoms with van der Waals surface area (Å²) in [7, 11) is 0. The van der Waals surface area contributed by atoms with Crippen molar-refractivity contribution in [3.8, 4) is 5.75 Å². The van der Waals surface area contributed by atoms with Crippen LogP contribution in [0.25, 0.3) is 10.9 Å². The molecule has 0 unspecified atom stereocenters. The third-order valence-electron chi connectivity index (χ3n) is 2.58. The molecular weight excluding hydrogens is 386 g/mol. The van der Waals surface area contributed by atoms with Gasteiger partial charge in [0, 0.05) is 28.1 Å². The number of hydrogen-bond acceptors (Lipinski definition) is 3. The number of benzene rings is 1. The number of halogens is 4. The van der Waals surface area contributed by atoms with Gasteiger partial charge in [-0.3, -0.25) is 0 Å². The van der Waals surface area contributed by atoms with Crippen molar-refractivity contribution in [3.05, 3.63) is 33.5 Å². The summed E-state index contributed by atoms with van der Waals surface area (Å²) in [5.74, 6) is 0.134. The van der Waals surface area contributed by atoms with E-state index in [-0.39, 0.29) is 24.5 Å². The zero-order chi connectivity index (χ0) is 14.8. The van der Waals surface area contributed by atoms with E-state index in [1.165, 1.54) is 6.07 Å². The van der Waals surface area contributed by atoms with Crippen molar-refractivity contribution in [1.29, 1.82) is 0 Å². The number of rotatable bonds is 4. The van der Waals surface area contributed by atoms with Crippen molar-refractivity contribution in [2.75, 3.05) is 13.2 Å². The fourth-order valence-electron chi connectivity index (χ4n) is 1.68. The lowest BCUT2D eigenvalue weighted by Crippen LogP contribution is -2.09. The topological polar surface area (TPSA) is 42.4 Å². The largest absolute Gasteiger partial charge is 0.493 e. The van der Waals surface area contributed by atoms with Crippen LogP contribution in [0, 0.1) is 3.57 Å². The second kappa shape index (κ2) is 6.13. The van der Waals surface area contributed by atoms with Gasteiger partial charge in [-0.2, -0.15) is 13.2 Å². The minimum absolute atomic E-state index is 0.0767. The van der Waals surface area contributed by atoms with Crippen LogP contribution >= 0.6 is 22.6 Å². The van der Waals surface area contributed by atoms with Crippen LogP contribution in [0.3, 0.4) is 0 Å². The van der Waals surface area contributed by atoms with Gasteiger partial charge in [-0.15, -0.1) is 0 Å². The summed E-state index contributed by atoms with van der Waals surface area (Å²) < 4.78 is 44.6. The maximum Gasteiger partial charge on any atom is 0.433 e. The molecule has 0 aliphatic rings. The highest BCUT2D eigenvalue weighted by Gasteiger charge is 2.33. The smallest absolute Gasteiger partial charge is 0.433 e. The van der Waals surface area contributed by atoms with E-state index in [4.69, 9.17) is 9.84 Å². The molecule has 1 aromatic carbocycles. The lowest BCUT2D eigenvalue weighted by molar-refractivity contribution is -0.141. The van der Waals surface area contributed by atoms with E-state index in [1.54, 1.807) is 12.1 Å². The van der Waals surface area contributed by atoms with Crippen LogP contribution in [0.5, 0.6) is 5.75 Å². The summed E-state index contributed by atoms with van der Waals surface area (Å²) in [4.78, 5) is 3.62. The molecule has 0 atom stereocenters. The normalized spacial score (nSPS) is 11.8.